The molecule has 3 nitrogen and oxygen atoms in total. The number of alkyl halides is 6. The predicted molar refractivity (Wildman–Crippen MR) is 98.2 cm³/mol. The highest BCUT2D eigenvalue weighted by Gasteiger charge is 2.43. The Morgan fingerprint density at radius 1 is 1.03 bits per heavy atom. The molecule has 0 aliphatic carbocycles. The van der Waals surface area contributed by atoms with Crippen LogP contribution in [0, 0.1) is 5.92 Å². The molecular formula is C19H23ClF6N2O. The molecular weight excluding hydrogens is 422 g/mol. The number of piperidine rings is 2. The van der Waals surface area contributed by atoms with Crippen LogP contribution in [-0.2, 0) is 6.18 Å². The average molecular weight is 445 g/mol. The third-order valence-corrected chi connectivity index (χ3v) is 5.55. The maximum atomic E-state index is 13.4. The van der Waals surface area contributed by atoms with Crippen molar-refractivity contribution in [1.29, 1.82) is 0 Å². The van der Waals surface area contributed by atoms with Crippen LogP contribution in [0.2, 0.25) is 0 Å². The lowest BCUT2D eigenvalue weighted by Crippen LogP contribution is -2.44. The lowest BCUT2D eigenvalue weighted by atomic mass is 9.85. The van der Waals surface area contributed by atoms with Gasteiger partial charge < -0.3 is 10.2 Å². The normalized spacial score (nSPS) is 21.6. The van der Waals surface area contributed by atoms with Gasteiger partial charge in [-0.2, -0.15) is 26.3 Å². The number of nitrogens with one attached hydrogen (secondary N) is 1. The van der Waals surface area contributed by atoms with Gasteiger partial charge in [0.2, 0.25) is 0 Å². The van der Waals surface area contributed by atoms with Gasteiger partial charge in [0.25, 0.3) is 5.91 Å². The lowest BCUT2D eigenvalue weighted by molar-refractivity contribution is -0.184. The zero-order valence-corrected chi connectivity index (χ0v) is 16.4. The molecule has 1 atom stereocenters. The summed E-state index contributed by atoms with van der Waals surface area (Å²) in [6.07, 6.45) is -7.73. The summed E-state index contributed by atoms with van der Waals surface area (Å²) >= 11 is 0. The van der Waals surface area contributed by atoms with E-state index in [1.165, 1.54) is 6.07 Å². The molecule has 29 heavy (non-hydrogen) atoms. The van der Waals surface area contributed by atoms with Crippen molar-refractivity contribution in [3.8, 4) is 0 Å². The molecule has 0 saturated carbocycles. The number of nitrogens with zero attached hydrogens (tertiary/aromatic N) is 1. The molecule has 3 rings (SSSR count). The Morgan fingerprint density at radius 2 is 1.69 bits per heavy atom. The largest absolute Gasteiger partial charge is 0.416 e. The van der Waals surface area contributed by atoms with Gasteiger partial charge in [0.1, 0.15) is 0 Å². The van der Waals surface area contributed by atoms with E-state index in [9.17, 15) is 31.1 Å². The number of carbonyl (C=O) groups is 1. The molecule has 1 N–H and O–H groups in total. The maximum Gasteiger partial charge on any atom is 0.416 e. The summed E-state index contributed by atoms with van der Waals surface area (Å²) in [4.78, 5) is 13.8. The number of likely N-dealkylation sites (tertiary alicyclic amines) is 1. The van der Waals surface area contributed by atoms with E-state index in [2.05, 4.69) is 5.32 Å². The smallest absolute Gasteiger partial charge is 0.338 e. The summed E-state index contributed by atoms with van der Waals surface area (Å²) in [5, 5.41) is 3.09. The molecule has 1 amide bonds. The number of rotatable bonds is 2. The summed E-state index contributed by atoms with van der Waals surface area (Å²) in [5.41, 5.74) is -0.698. The van der Waals surface area contributed by atoms with E-state index in [0.717, 1.165) is 17.0 Å². The van der Waals surface area contributed by atoms with Crippen molar-refractivity contribution >= 4 is 18.3 Å². The van der Waals surface area contributed by atoms with Crippen molar-refractivity contribution in [1.82, 2.24) is 10.2 Å². The molecule has 2 heterocycles. The monoisotopic (exact) mass is 444 g/mol. The number of amides is 1. The van der Waals surface area contributed by atoms with Gasteiger partial charge in [-0.15, -0.1) is 12.4 Å². The second-order valence-corrected chi connectivity index (χ2v) is 7.46. The first-order chi connectivity index (χ1) is 13.1. The fourth-order valence-electron chi connectivity index (χ4n) is 4.04. The summed E-state index contributed by atoms with van der Waals surface area (Å²) in [6.45, 7) is 0.889. The topological polar surface area (TPSA) is 32.3 Å². The molecule has 2 fully saturated rings. The number of carbonyl (C=O) groups excluding carboxylic acids is 1. The quantitative estimate of drug-likeness (QED) is 0.650. The van der Waals surface area contributed by atoms with Gasteiger partial charge in [0.05, 0.1) is 11.5 Å². The minimum Gasteiger partial charge on any atom is -0.338 e. The van der Waals surface area contributed by atoms with Crippen molar-refractivity contribution in [3.63, 3.8) is 0 Å². The highest BCUT2D eigenvalue weighted by atomic mass is 35.5. The van der Waals surface area contributed by atoms with Gasteiger partial charge >= 0.3 is 12.4 Å². The van der Waals surface area contributed by atoms with Gasteiger partial charge in [0.15, 0.2) is 0 Å². The third-order valence-electron chi connectivity index (χ3n) is 5.55. The molecule has 0 radical (unpaired) electrons. The van der Waals surface area contributed by atoms with E-state index in [-0.39, 0.29) is 48.8 Å². The van der Waals surface area contributed by atoms with Gasteiger partial charge in [-0.3, -0.25) is 4.79 Å². The predicted octanol–water partition coefficient (Wildman–Crippen LogP) is 5.01. The molecule has 1 unspecified atom stereocenters. The van der Waals surface area contributed by atoms with Gasteiger partial charge in [-0.1, -0.05) is 0 Å². The Kier molecular flexibility index (Phi) is 7.48. The zero-order chi connectivity index (χ0) is 20.5. The Hall–Kier alpha value is -1.48. The van der Waals surface area contributed by atoms with Crippen LogP contribution in [0.5, 0.6) is 0 Å². The lowest BCUT2D eigenvalue weighted by Gasteiger charge is -2.34. The molecule has 0 spiro atoms. The molecule has 0 bridgehead atoms. The van der Waals surface area contributed by atoms with Crippen molar-refractivity contribution < 1.29 is 31.1 Å². The van der Waals surface area contributed by atoms with E-state index in [4.69, 9.17) is 0 Å². The zero-order valence-electron chi connectivity index (χ0n) is 15.6. The molecule has 10 heteroatoms. The number of hydrogen-bond acceptors (Lipinski definition) is 2. The van der Waals surface area contributed by atoms with E-state index in [1.54, 1.807) is 0 Å². The first-order valence-electron chi connectivity index (χ1n) is 9.35. The fourth-order valence-corrected chi connectivity index (χ4v) is 4.04. The van der Waals surface area contributed by atoms with Crippen LogP contribution in [0.25, 0.3) is 0 Å². The van der Waals surface area contributed by atoms with E-state index in [1.807, 2.05) is 0 Å². The first kappa shape index (κ1) is 23.8. The SMILES string of the molecule is Cl.O=C(c1ccc(C(F)(F)F)c(C2CCNCC2)c1)N1CCCC(C(F)(F)F)C1. The molecule has 1 aromatic carbocycles. The number of halogens is 7. The van der Waals surface area contributed by atoms with Crippen LogP contribution in [0.1, 0.15) is 53.1 Å². The van der Waals surface area contributed by atoms with Crippen molar-refractivity contribution in [3.05, 3.63) is 34.9 Å². The summed E-state index contributed by atoms with van der Waals surface area (Å²) in [5.74, 6) is -2.57. The van der Waals surface area contributed by atoms with Crippen LogP contribution < -0.4 is 5.32 Å². The number of benzene rings is 1. The van der Waals surface area contributed by atoms with Crippen LogP contribution >= 0.6 is 12.4 Å². The molecule has 2 aliphatic heterocycles. The second kappa shape index (κ2) is 9.12. The maximum absolute atomic E-state index is 13.4. The minimum atomic E-state index is -4.55. The first-order valence-corrected chi connectivity index (χ1v) is 9.35. The highest BCUT2D eigenvalue weighted by Crippen LogP contribution is 2.39. The second-order valence-electron chi connectivity index (χ2n) is 7.46. The average Bonchev–Trinajstić information content (AvgIpc) is 2.66. The van der Waals surface area contributed by atoms with E-state index >= 15 is 0 Å². The molecule has 2 saturated heterocycles. The Balaban J connectivity index is 0.00000300. The Morgan fingerprint density at radius 3 is 2.28 bits per heavy atom. The van der Waals surface area contributed by atoms with Crippen molar-refractivity contribution in [2.24, 2.45) is 5.92 Å². The highest BCUT2D eigenvalue weighted by molar-refractivity contribution is 5.94. The molecule has 2 aliphatic rings. The van der Waals surface area contributed by atoms with E-state index in [0.29, 0.717) is 25.9 Å². The van der Waals surface area contributed by atoms with Gasteiger partial charge in [-0.25, -0.2) is 0 Å². The van der Waals surface area contributed by atoms with Crippen LogP contribution in [0.15, 0.2) is 18.2 Å². The summed E-state index contributed by atoms with van der Waals surface area (Å²) in [7, 11) is 0. The summed E-state index contributed by atoms with van der Waals surface area (Å²) in [6, 6.07) is 3.20. The van der Waals surface area contributed by atoms with Gasteiger partial charge in [-0.05, 0) is 68.5 Å². The van der Waals surface area contributed by atoms with Crippen LogP contribution in [-0.4, -0.2) is 43.2 Å². The molecule has 0 aromatic heterocycles. The Labute approximate surface area is 171 Å². The fraction of sp³-hybridized carbons (Fsp3) is 0.632. The van der Waals surface area contributed by atoms with Crippen molar-refractivity contribution in [2.75, 3.05) is 26.2 Å². The van der Waals surface area contributed by atoms with E-state index < -0.39 is 36.3 Å². The standard InChI is InChI=1S/C19H22F6N2O.ClH/c20-18(21,22)14-2-1-9-27(11-14)17(28)13-3-4-16(19(23,24)25)15(10-13)12-5-7-26-8-6-12;/h3-4,10,12,14,26H,1-2,5-9,11H2;1H. The minimum absolute atomic E-state index is 0. The molecule has 164 valence electrons. The van der Waals surface area contributed by atoms with Crippen LogP contribution in [0.4, 0.5) is 26.3 Å². The molecule has 1 aromatic rings. The third kappa shape index (κ3) is 5.57. The Bertz CT molecular complexity index is 716. The summed E-state index contributed by atoms with van der Waals surface area (Å²) < 4.78 is 79.3. The van der Waals surface area contributed by atoms with Crippen LogP contribution in [0.3, 0.4) is 0 Å². The van der Waals surface area contributed by atoms with Gasteiger partial charge in [0, 0.05) is 18.7 Å². The number of hydrogen-bond donors (Lipinski definition) is 1. The van der Waals surface area contributed by atoms with Crippen molar-refractivity contribution in [2.45, 2.75) is 44.0 Å².